The first-order valence-electron chi connectivity index (χ1n) is 10.2. The molecule has 2 aromatic carbocycles. The SMILES string of the molecule is CC(=O)Nc1ccc(C)cc1NC(=O)CNC(=O)C1c2ccccc2C(=O)N1C1CC1. The largest absolute Gasteiger partial charge is 0.345 e. The highest BCUT2D eigenvalue weighted by atomic mass is 16.2. The number of hydrogen-bond donors (Lipinski definition) is 3. The maximum atomic E-state index is 13.0. The van der Waals surface area contributed by atoms with Crippen molar-refractivity contribution in [3.63, 3.8) is 0 Å². The van der Waals surface area contributed by atoms with Crippen LogP contribution < -0.4 is 16.0 Å². The summed E-state index contributed by atoms with van der Waals surface area (Å²) in [5.41, 5.74) is 3.06. The van der Waals surface area contributed by atoms with Crippen LogP contribution in [0.15, 0.2) is 42.5 Å². The van der Waals surface area contributed by atoms with Gasteiger partial charge >= 0.3 is 0 Å². The predicted molar refractivity (Wildman–Crippen MR) is 115 cm³/mol. The van der Waals surface area contributed by atoms with Crippen molar-refractivity contribution in [3.05, 3.63) is 59.2 Å². The molecule has 160 valence electrons. The molecule has 1 aliphatic heterocycles. The zero-order chi connectivity index (χ0) is 22.1. The fraction of sp³-hybridized carbons (Fsp3) is 0.304. The number of fused-ring (bicyclic) bond motifs is 1. The van der Waals surface area contributed by atoms with Crippen LogP contribution in [0.2, 0.25) is 0 Å². The maximum absolute atomic E-state index is 13.0. The van der Waals surface area contributed by atoms with E-state index in [-0.39, 0.29) is 30.3 Å². The van der Waals surface area contributed by atoms with Crippen molar-refractivity contribution in [2.75, 3.05) is 17.2 Å². The number of carbonyl (C=O) groups is 4. The van der Waals surface area contributed by atoms with Crippen LogP contribution in [0, 0.1) is 6.92 Å². The third-order valence-corrected chi connectivity index (χ3v) is 5.37. The highest BCUT2D eigenvalue weighted by Gasteiger charge is 2.47. The molecule has 1 saturated carbocycles. The Morgan fingerprint density at radius 1 is 1.03 bits per heavy atom. The van der Waals surface area contributed by atoms with Crippen molar-refractivity contribution < 1.29 is 19.2 Å². The van der Waals surface area contributed by atoms with Crippen molar-refractivity contribution in [2.24, 2.45) is 0 Å². The van der Waals surface area contributed by atoms with Gasteiger partial charge in [-0.15, -0.1) is 0 Å². The van der Waals surface area contributed by atoms with Crippen molar-refractivity contribution in [3.8, 4) is 0 Å². The van der Waals surface area contributed by atoms with Crippen LogP contribution in [0.5, 0.6) is 0 Å². The zero-order valence-corrected chi connectivity index (χ0v) is 17.4. The van der Waals surface area contributed by atoms with Crippen LogP contribution >= 0.6 is 0 Å². The van der Waals surface area contributed by atoms with E-state index >= 15 is 0 Å². The lowest BCUT2D eigenvalue weighted by Gasteiger charge is -2.24. The molecule has 1 atom stereocenters. The Morgan fingerprint density at radius 2 is 1.77 bits per heavy atom. The molecule has 3 N–H and O–H groups in total. The molecule has 0 bridgehead atoms. The summed E-state index contributed by atoms with van der Waals surface area (Å²) in [5, 5.41) is 8.06. The lowest BCUT2D eigenvalue weighted by Crippen LogP contribution is -2.42. The van der Waals surface area contributed by atoms with Gasteiger partial charge in [0.1, 0.15) is 6.04 Å². The van der Waals surface area contributed by atoms with Gasteiger partial charge in [0.2, 0.25) is 17.7 Å². The Hall–Kier alpha value is -3.68. The monoisotopic (exact) mass is 420 g/mol. The Labute approximate surface area is 180 Å². The third-order valence-electron chi connectivity index (χ3n) is 5.37. The molecule has 0 spiro atoms. The minimum absolute atomic E-state index is 0.0667. The zero-order valence-electron chi connectivity index (χ0n) is 17.4. The van der Waals surface area contributed by atoms with Crippen LogP contribution in [0.3, 0.4) is 0 Å². The number of amides is 4. The molecule has 0 aromatic heterocycles. The van der Waals surface area contributed by atoms with E-state index in [9.17, 15) is 19.2 Å². The fourth-order valence-corrected chi connectivity index (χ4v) is 3.85. The van der Waals surface area contributed by atoms with Crippen molar-refractivity contribution >= 4 is 35.0 Å². The van der Waals surface area contributed by atoms with E-state index in [1.54, 1.807) is 41.3 Å². The molecule has 8 nitrogen and oxygen atoms in total. The Morgan fingerprint density at radius 3 is 2.48 bits per heavy atom. The van der Waals surface area contributed by atoms with E-state index in [2.05, 4.69) is 16.0 Å². The van der Waals surface area contributed by atoms with E-state index in [0.717, 1.165) is 18.4 Å². The van der Waals surface area contributed by atoms with E-state index in [0.29, 0.717) is 22.5 Å². The summed E-state index contributed by atoms with van der Waals surface area (Å²) in [6.45, 7) is 3.01. The number of hydrogen-bond acceptors (Lipinski definition) is 4. The van der Waals surface area contributed by atoms with Crippen molar-refractivity contribution in [2.45, 2.75) is 38.8 Å². The van der Waals surface area contributed by atoms with Gasteiger partial charge in [-0.3, -0.25) is 19.2 Å². The maximum Gasteiger partial charge on any atom is 0.255 e. The first-order valence-corrected chi connectivity index (χ1v) is 10.2. The second kappa shape index (κ2) is 8.22. The molecule has 8 heteroatoms. The molecule has 2 aromatic rings. The molecular formula is C23H24N4O4. The Balaban J connectivity index is 1.44. The van der Waals surface area contributed by atoms with Crippen molar-refractivity contribution in [1.29, 1.82) is 0 Å². The molecule has 1 fully saturated rings. The summed E-state index contributed by atoms with van der Waals surface area (Å²) in [6, 6.07) is 11.7. The fourth-order valence-electron chi connectivity index (χ4n) is 3.85. The lowest BCUT2D eigenvalue weighted by molar-refractivity contribution is -0.127. The number of benzene rings is 2. The van der Waals surface area contributed by atoms with E-state index in [1.807, 2.05) is 13.0 Å². The van der Waals surface area contributed by atoms with Crippen molar-refractivity contribution in [1.82, 2.24) is 10.2 Å². The molecule has 0 radical (unpaired) electrons. The van der Waals surface area contributed by atoms with Gasteiger partial charge in [-0.1, -0.05) is 24.3 Å². The average molecular weight is 420 g/mol. The number of nitrogens with one attached hydrogen (secondary N) is 3. The molecule has 4 rings (SSSR count). The first kappa shape index (κ1) is 20.6. The highest BCUT2D eigenvalue weighted by molar-refractivity contribution is 6.06. The molecular weight excluding hydrogens is 396 g/mol. The van der Waals surface area contributed by atoms with Crippen LogP contribution in [0.25, 0.3) is 0 Å². The molecule has 31 heavy (non-hydrogen) atoms. The number of carbonyl (C=O) groups excluding carboxylic acids is 4. The summed E-state index contributed by atoms with van der Waals surface area (Å²) in [6.07, 6.45) is 1.76. The number of rotatable bonds is 6. The number of anilines is 2. The van der Waals surface area contributed by atoms with Gasteiger partial charge in [0.15, 0.2) is 0 Å². The van der Waals surface area contributed by atoms with Gasteiger partial charge in [-0.25, -0.2) is 0 Å². The molecule has 0 saturated heterocycles. The quantitative estimate of drug-likeness (QED) is 0.667. The molecule has 1 heterocycles. The molecule has 2 aliphatic rings. The second-order valence-corrected chi connectivity index (χ2v) is 7.93. The standard InChI is InChI=1S/C23H24N4O4/c1-13-7-10-18(25-14(2)28)19(11-13)26-20(29)12-24-22(30)21-16-5-3-4-6-17(16)23(31)27(21)15-8-9-15/h3-7,10-11,15,21H,8-9,12H2,1-2H3,(H,24,30)(H,25,28)(H,26,29). The summed E-state index contributed by atoms with van der Waals surface area (Å²) in [7, 11) is 0. The molecule has 4 amide bonds. The van der Waals surface area contributed by atoms with Crippen LogP contribution in [0.4, 0.5) is 11.4 Å². The van der Waals surface area contributed by atoms with Gasteiger partial charge in [-0.2, -0.15) is 0 Å². The second-order valence-electron chi connectivity index (χ2n) is 7.93. The highest BCUT2D eigenvalue weighted by Crippen LogP contribution is 2.41. The molecule has 1 aliphatic carbocycles. The lowest BCUT2D eigenvalue weighted by atomic mass is 10.0. The predicted octanol–water partition coefficient (Wildman–Crippen LogP) is 2.37. The smallest absolute Gasteiger partial charge is 0.255 e. The average Bonchev–Trinajstić information content (AvgIpc) is 3.52. The van der Waals surface area contributed by atoms with Gasteiger partial charge < -0.3 is 20.9 Å². The summed E-state index contributed by atoms with van der Waals surface area (Å²) < 4.78 is 0. The van der Waals surface area contributed by atoms with Crippen LogP contribution in [-0.2, 0) is 14.4 Å². The Kier molecular flexibility index (Phi) is 5.46. The summed E-state index contributed by atoms with van der Waals surface area (Å²) in [5.74, 6) is -1.20. The van der Waals surface area contributed by atoms with E-state index < -0.39 is 11.9 Å². The minimum atomic E-state index is -0.724. The first-order chi connectivity index (χ1) is 14.8. The van der Waals surface area contributed by atoms with E-state index in [4.69, 9.17) is 0 Å². The normalized spacial score (nSPS) is 17.2. The van der Waals surface area contributed by atoms with Gasteiger partial charge in [0.25, 0.3) is 5.91 Å². The number of aryl methyl sites for hydroxylation is 1. The van der Waals surface area contributed by atoms with Gasteiger partial charge in [0.05, 0.1) is 17.9 Å². The van der Waals surface area contributed by atoms with Gasteiger partial charge in [-0.05, 0) is 49.1 Å². The van der Waals surface area contributed by atoms with Crippen LogP contribution in [-0.4, -0.2) is 41.1 Å². The number of nitrogens with zero attached hydrogens (tertiary/aromatic N) is 1. The Bertz CT molecular complexity index is 1080. The molecule has 1 unspecified atom stereocenters. The van der Waals surface area contributed by atoms with E-state index in [1.165, 1.54) is 6.92 Å². The minimum Gasteiger partial charge on any atom is -0.345 e. The summed E-state index contributed by atoms with van der Waals surface area (Å²) >= 11 is 0. The third kappa shape index (κ3) is 4.28. The van der Waals surface area contributed by atoms with Crippen LogP contribution in [0.1, 0.15) is 47.3 Å². The van der Waals surface area contributed by atoms with Gasteiger partial charge in [0, 0.05) is 18.5 Å². The summed E-state index contributed by atoms with van der Waals surface area (Å²) in [4.78, 5) is 51.3. The topological polar surface area (TPSA) is 108 Å².